The fraction of sp³-hybridized carbons (Fsp3) is 0.111. The number of benzene rings is 5. The molecule has 0 radical (unpaired) electrons. The molecular formula is C54H45N3S2. The second kappa shape index (κ2) is 16.1. The van der Waals surface area contributed by atoms with Crippen LogP contribution in [-0.2, 0) is 0 Å². The lowest BCUT2D eigenvalue weighted by atomic mass is 9.97. The van der Waals surface area contributed by atoms with Crippen LogP contribution in [0.1, 0.15) is 32.0 Å². The second-order valence-corrected chi connectivity index (χ2v) is 18.1. The van der Waals surface area contributed by atoms with E-state index in [1.165, 1.54) is 52.9 Å². The van der Waals surface area contributed by atoms with Crippen LogP contribution in [0.3, 0.4) is 0 Å². The minimum Gasteiger partial charge on any atom is -0.310 e. The zero-order chi connectivity index (χ0) is 40.6. The highest BCUT2D eigenvalue weighted by Crippen LogP contribution is 2.45. The molecule has 5 aromatic carbocycles. The summed E-state index contributed by atoms with van der Waals surface area (Å²) in [6.07, 6.45) is 4.03. The molecular weight excluding hydrogens is 755 g/mol. The molecule has 0 saturated heterocycles. The molecule has 0 fully saturated rings. The summed E-state index contributed by atoms with van der Waals surface area (Å²) in [6, 6.07) is 55.4. The van der Waals surface area contributed by atoms with E-state index in [9.17, 15) is 0 Å². The van der Waals surface area contributed by atoms with Gasteiger partial charge in [-0.15, -0.1) is 22.7 Å². The van der Waals surface area contributed by atoms with Crippen molar-refractivity contribution in [3.63, 3.8) is 0 Å². The molecule has 4 aromatic heterocycles. The van der Waals surface area contributed by atoms with Gasteiger partial charge < -0.3 is 4.90 Å². The lowest BCUT2D eigenvalue weighted by Crippen LogP contribution is -2.12. The maximum Gasteiger partial charge on any atom is 0.0709 e. The lowest BCUT2D eigenvalue weighted by molar-refractivity contribution is 1.23. The Morgan fingerprint density at radius 3 is 1.29 bits per heavy atom. The molecule has 0 aliphatic heterocycles. The zero-order valence-corrected chi connectivity index (χ0v) is 35.9. The highest BCUT2D eigenvalue weighted by Gasteiger charge is 2.21. The highest BCUT2D eigenvalue weighted by atomic mass is 32.1. The van der Waals surface area contributed by atoms with E-state index in [2.05, 4.69) is 198 Å². The minimum atomic E-state index is 0.938. The number of anilines is 3. The number of thiophene rings is 2. The van der Waals surface area contributed by atoms with Crippen LogP contribution < -0.4 is 4.90 Å². The van der Waals surface area contributed by atoms with Crippen molar-refractivity contribution in [2.45, 2.75) is 41.5 Å². The third-order valence-corrected chi connectivity index (χ3v) is 13.1. The van der Waals surface area contributed by atoms with Crippen LogP contribution in [0.15, 0.2) is 164 Å². The van der Waals surface area contributed by atoms with Crippen molar-refractivity contribution < 1.29 is 0 Å². The Kier molecular flexibility index (Phi) is 10.4. The average Bonchev–Trinajstić information content (AvgIpc) is 3.91. The molecule has 0 atom stereocenters. The van der Waals surface area contributed by atoms with Gasteiger partial charge in [0.1, 0.15) is 0 Å². The Balaban J connectivity index is 1.30. The van der Waals surface area contributed by atoms with Crippen LogP contribution in [0.4, 0.5) is 17.1 Å². The summed E-state index contributed by atoms with van der Waals surface area (Å²) in [4.78, 5) is 17.6. The average molecular weight is 800 g/mol. The fourth-order valence-electron chi connectivity index (χ4n) is 7.85. The summed E-state index contributed by atoms with van der Waals surface area (Å²) >= 11 is 3.64. The molecule has 0 unspecified atom stereocenters. The maximum atomic E-state index is 5.08. The summed E-state index contributed by atoms with van der Waals surface area (Å²) in [5.74, 6) is 0. The number of pyridine rings is 2. The summed E-state index contributed by atoms with van der Waals surface area (Å²) in [5.41, 5.74) is 19.0. The van der Waals surface area contributed by atoms with Gasteiger partial charge in [-0.05, 0) is 176 Å². The largest absolute Gasteiger partial charge is 0.310 e. The van der Waals surface area contributed by atoms with Gasteiger partial charge in [0.15, 0.2) is 0 Å². The van der Waals surface area contributed by atoms with Crippen molar-refractivity contribution in [1.82, 2.24) is 9.97 Å². The van der Waals surface area contributed by atoms with E-state index in [-0.39, 0.29) is 0 Å². The van der Waals surface area contributed by atoms with Gasteiger partial charge in [0.25, 0.3) is 0 Å². The Labute approximate surface area is 356 Å². The molecule has 59 heavy (non-hydrogen) atoms. The predicted molar refractivity (Wildman–Crippen MR) is 254 cm³/mol. The molecule has 4 heterocycles. The molecule has 9 rings (SSSR count). The third kappa shape index (κ3) is 7.92. The van der Waals surface area contributed by atoms with Crippen molar-refractivity contribution in [2.75, 3.05) is 4.90 Å². The van der Waals surface area contributed by atoms with Crippen molar-refractivity contribution >= 4 is 39.7 Å². The van der Waals surface area contributed by atoms with Crippen LogP contribution in [0.25, 0.3) is 65.6 Å². The van der Waals surface area contributed by atoms with Gasteiger partial charge in [-0.3, -0.25) is 9.97 Å². The summed E-state index contributed by atoms with van der Waals surface area (Å²) < 4.78 is 0. The summed E-state index contributed by atoms with van der Waals surface area (Å²) in [7, 11) is 0. The monoisotopic (exact) mass is 799 g/mol. The van der Waals surface area contributed by atoms with E-state index in [1.54, 1.807) is 0 Å². The van der Waals surface area contributed by atoms with Gasteiger partial charge in [-0.1, -0.05) is 72.8 Å². The first-order valence-electron chi connectivity index (χ1n) is 20.0. The first kappa shape index (κ1) is 38.1. The molecule has 0 saturated carbocycles. The molecule has 5 heteroatoms. The molecule has 0 aliphatic rings. The Morgan fingerprint density at radius 2 is 0.847 bits per heavy atom. The Hall–Kier alpha value is -6.40. The molecule has 0 amide bonds. The SMILES string of the molecule is Cc1ccc(C)c(N(c2cc(-c3cc(-c4ccccc4)c(C)cn3)cc(-c3ccc(C)s3)c2)c2cc(-c3cc(-c4ccccc4)c(C)cn3)cc(-c3ccc(C)s3)c2)c1. The second-order valence-electron chi connectivity index (χ2n) is 15.5. The zero-order valence-electron chi connectivity index (χ0n) is 34.2. The molecule has 3 nitrogen and oxygen atoms in total. The van der Waals surface area contributed by atoms with E-state index in [0.717, 1.165) is 61.8 Å². The molecule has 0 spiro atoms. The van der Waals surface area contributed by atoms with Crippen molar-refractivity contribution in [3.05, 3.63) is 196 Å². The summed E-state index contributed by atoms with van der Waals surface area (Å²) in [5, 5.41) is 0. The van der Waals surface area contributed by atoms with Gasteiger partial charge >= 0.3 is 0 Å². The minimum absolute atomic E-state index is 0.938. The van der Waals surface area contributed by atoms with E-state index in [1.807, 2.05) is 35.1 Å². The fourth-order valence-corrected chi connectivity index (χ4v) is 9.56. The van der Waals surface area contributed by atoms with E-state index in [0.29, 0.717) is 0 Å². The predicted octanol–water partition coefficient (Wildman–Crippen LogP) is 15.9. The van der Waals surface area contributed by atoms with E-state index >= 15 is 0 Å². The van der Waals surface area contributed by atoms with Crippen molar-refractivity contribution in [2.24, 2.45) is 0 Å². The molecule has 0 N–H and O–H groups in total. The summed E-state index contributed by atoms with van der Waals surface area (Å²) in [6.45, 7) is 13.0. The molecule has 0 aliphatic carbocycles. The first-order valence-corrected chi connectivity index (χ1v) is 21.7. The maximum absolute atomic E-state index is 5.08. The number of nitrogens with zero attached hydrogens (tertiary/aromatic N) is 3. The van der Waals surface area contributed by atoms with Crippen LogP contribution in [0.5, 0.6) is 0 Å². The van der Waals surface area contributed by atoms with Crippen LogP contribution >= 0.6 is 22.7 Å². The van der Waals surface area contributed by atoms with E-state index in [4.69, 9.17) is 9.97 Å². The quantitative estimate of drug-likeness (QED) is 0.146. The normalized spacial score (nSPS) is 11.2. The Bertz CT molecular complexity index is 2780. The van der Waals surface area contributed by atoms with Crippen molar-refractivity contribution in [1.29, 1.82) is 0 Å². The lowest BCUT2D eigenvalue weighted by Gasteiger charge is -2.29. The number of hydrogen-bond acceptors (Lipinski definition) is 5. The smallest absolute Gasteiger partial charge is 0.0709 e. The van der Waals surface area contributed by atoms with Crippen LogP contribution in [0.2, 0.25) is 0 Å². The van der Waals surface area contributed by atoms with Gasteiger partial charge in [0, 0.05) is 60.1 Å². The topological polar surface area (TPSA) is 29.0 Å². The molecule has 9 aromatic rings. The number of aromatic nitrogens is 2. The van der Waals surface area contributed by atoms with Crippen molar-refractivity contribution in [3.8, 4) is 65.6 Å². The highest BCUT2D eigenvalue weighted by molar-refractivity contribution is 7.15. The van der Waals surface area contributed by atoms with E-state index < -0.39 is 0 Å². The van der Waals surface area contributed by atoms with Crippen LogP contribution in [0, 0.1) is 41.5 Å². The standard InChI is InChI=1S/C54H45N3S2/c1-34-17-18-35(2)52(23-34)57(46-26-42(24-44(28-46)53-21-19-38(5)58-53)50-30-48(36(3)32-55-50)40-13-9-7-10-14-40)47-27-43(25-45(29-47)54-22-20-39(6)59-54)51-31-49(37(4)33-56-51)41-15-11-8-12-16-41/h7-33H,1-6H3. The van der Waals surface area contributed by atoms with Crippen LogP contribution in [-0.4, -0.2) is 9.97 Å². The Morgan fingerprint density at radius 1 is 0.390 bits per heavy atom. The van der Waals surface area contributed by atoms with Gasteiger partial charge in [-0.2, -0.15) is 0 Å². The molecule has 288 valence electrons. The number of rotatable bonds is 9. The first-order chi connectivity index (χ1) is 28.7. The van der Waals surface area contributed by atoms with Gasteiger partial charge in [0.2, 0.25) is 0 Å². The number of hydrogen-bond donors (Lipinski definition) is 0. The molecule has 0 bridgehead atoms. The van der Waals surface area contributed by atoms with Gasteiger partial charge in [0.05, 0.1) is 11.4 Å². The number of aryl methyl sites for hydroxylation is 6. The van der Waals surface area contributed by atoms with Gasteiger partial charge in [-0.25, -0.2) is 0 Å². The third-order valence-electron chi connectivity index (χ3n) is 11.0.